The highest BCUT2D eigenvalue weighted by Gasteiger charge is 2.37. The Hall–Kier alpha value is 0.290. The first-order chi connectivity index (χ1) is 7.08. The molecule has 0 N–H and O–H groups in total. The highest BCUT2D eigenvalue weighted by atomic mass is 79.9. The van der Waals surface area contributed by atoms with Gasteiger partial charge in [0.1, 0.15) is 0 Å². The minimum absolute atomic E-state index is 0.111. The van der Waals surface area contributed by atoms with Crippen molar-refractivity contribution in [3.8, 4) is 0 Å². The molecule has 0 aromatic heterocycles. The van der Waals surface area contributed by atoms with E-state index in [2.05, 4.69) is 31.9 Å². The maximum atomic E-state index is 12.8. The van der Waals surface area contributed by atoms with E-state index in [1.54, 1.807) is 20.8 Å². The molecule has 6 heteroatoms. The zero-order valence-electron chi connectivity index (χ0n) is 9.53. The van der Waals surface area contributed by atoms with Gasteiger partial charge >= 0.3 is 10.8 Å². The van der Waals surface area contributed by atoms with Gasteiger partial charge in [0.15, 0.2) is 0 Å². The van der Waals surface area contributed by atoms with E-state index < -0.39 is 15.1 Å². The molecule has 1 atom stereocenters. The van der Waals surface area contributed by atoms with Crippen LogP contribution in [0.4, 0.5) is 8.78 Å². The lowest BCUT2D eigenvalue weighted by atomic mass is 9.84. The minimum atomic E-state index is -2.92. The number of halogens is 4. The van der Waals surface area contributed by atoms with Gasteiger partial charge in [0.2, 0.25) is 0 Å². The topological polar surface area (TPSA) is 26.3 Å². The maximum Gasteiger partial charge on any atom is 0.306 e. The highest BCUT2D eigenvalue weighted by Crippen LogP contribution is 2.40. The summed E-state index contributed by atoms with van der Waals surface area (Å²) in [6.07, 6.45) is -0.265. The lowest BCUT2D eigenvalue weighted by molar-refractivity contribution is -0.145. The van der Waals surface area contributed by atoms with E-state index in [1.165, 1.54) is 0 Å². The van der Waals surface area contributed by atoms with Crippen LogP contribution in [0.5, 0.6) is 0 Å². The molecule has 0 radical (unpaired) electrons. The second kappa shape index (κ2) is 6.28. The molecule has 0 heterocycles. The standard InChI is InChI=1S/C10H16Br2F2O2/c1-4-16-8(15)6-9(2,3)7(11)5-10(12,13)14/h7H,4-6H2,1-3H3. The van der Waals surface area contributed by atoms with E-state index in [0.29, 0.717) is 6.61 Å². The second-order valence-electron chi connectivity index (χ2n) is 4.26. The van der Waals surface area contributed by atoms with Crippen LogP contribution in [0, 0.1) is 5.41 Å². The summed E-state index contributed by atoms with van der Waals surface area (Å²) >= 11 is 5.49. The first kappa shape index (κ1) is 16.3. The van der Waals surface area contributed by atoms with Crippen molar-refractivity contribution in [3.63, 3.8) is 0 Å². The Morgan fingerprint density at radius 2 is 1.94 bits per heavy atom. The molecule has 0 spiro atoms. The molecule has 0 rings (SSSR count). The fourth-order valence-corrected chi connectivity index (χ4v) is 2.50. The van der Waals surface area contributed by atoms with Crippen molar-refractivity contribution >= 4 is 37.8 Å². The SMILES string of the molecule is CCOC(=O)CC(C)(C)C(Br)CC(F)(F)Br. The van der Waals surface area contributed by atoms with Crippen molar-refractivity contribution in [3.05, 3.63) is 0 Å². The van der Waals surface area contributed by atoms with Gasteiger partial charge in [-0.1, -0.05) is 29.8 Å². The van der Waals surface area contributed by atoms with Crippen LogP contribution < -0.4 is 0 Å². The molecule has 0 aromatic carbocycles. The predicted octanol–water partition coefficient (Wildman–Crippen LogP) is 4.11. The molecule has 0 aliphatic carbocycles. The quantitative estimate of drug-likeness (QED) is 0.523. The minimum Gasteiger partial charge on any atom is -0.466 e. The Bertz CT molecular complexity index is 239. The molecule has 0 bridgehead atoms. The summed E-state index contributed by atoms with van der Waals surface area (Å²) in [6, 6.07) is 0. The highest BCUT2D eigenvalue weighted by molar-refractivity contribution is 9.10. The van der Waals surface area contributed by atoms with E-state index in [4.69, 9.17) is 4.74 Å². The monoisotopic (exact) mass is 364 g/mol. The summed E-state index contributed by atoms with van der Waals surface area (Å²) in [4.78, 5) is 7.89. The molecule has 1 unspecified atom stereocenters. The molecule has 0 aromatic rings. The third kappa shape index (κ3) is 6.78. The zero-order chi connectivity index (χ0) is 13.0. The lowest BCUT2D eigenvalue weighted by Crippen LogP contribution is -2.31. The summed E-state index contributed by atoms with van der Waals surface area (Å²) in [5.74, 6) is -0.366. The molecule has 0 amide bonds. The number of hydrogen-bond donors (Lipinski definition) is 0. The summed E-state index contributed by atoms with van der Waals surface area (Å²) in [6.45, 7) is 5.52. The molecule has 0 aliphatic heterocycles. The molecule has 0 fully saturated rings. The van der Waals surface area contributed by atoms with Crippen molar-refractivity contribution in [1.82, 2.24) is 0 Å². The van der Waals surface area contributed by atoms with E-state index in [9.17, 15) is 13.6 Å². The van der Waals surface area contributed by atoms with Crippen LogP contribution in [0.3, 0.4) is 0 Å². The van der Waals surface area contributed by atoms with E-state index in [1.807, 2.05) is 0 Å². The first-order valence-electron chi connectivity index (χ1n) is 4.95. The van der Waals surface area contributed by atoms with Crippen LogP contribution in [0.1, 0.15) is 33.6 Å². The van der Waals surface area contributed by atoms with Gasteiger partial charge in [-0.05, 0) is 28.3 Å². The fourth-order valence-electron chi connectivity index (χ4n) is 1.17. The van der Waals surface area contributed by atoms with Crippen molar-refractivity contribution in [2.24, 2.45) is 5.41 Å². The number of carbonyl (C=O) groups excluding carboxylic acids is 1. The van der Waals surface area contributed by atoms with Crippen LogP contribution in [0.15, 0.2) is 0 Å². The van der Waals surface area contributed by atoms with Crippen LogP contribution >= 0.6 is 31.9 Å². The van der Waals surface area contributed by atoms with Crippen molar-refractivity contribution in [1.29, 1.82) is 0 Å². The van der Waals surface area contributed by atoms with Crippen molar-refractivity contribution < 1.29 is 18.3 Å². The fraction of sp³-hybridized carbons (Fsp3) is 0.900. The Morgan fingerprint density at radius 3 is 2.31 bits per heavy atom. The van der Waals surface area contributed by atoms with Gasteiger partial charge in [-0.3, -0.25) is 4.79 Å². The van der Waals surface area contributed by atoms with Gasteiger partial charge in [-0.15, -0.1) is 0 Å². The lowest BCUT2D eigenvalue weighted by Gasteiger charge is -2.30. The average molecular weight is 366 g/mol. The van der Waals surface area contributed by atoms with Gasteiger partial charge in [0.05, 0.1) is 13.0 Å². The molecular formula is C10H16Br2F2O2. The van der Waals surface area contributed by atoms with E-state index in [-0.39, 0.29) is 18.8 Å². The third-order valence-electron chi connectivity index (χ3n) is 2.16. The molecule has 0 aliphatic rings. The Kier molecular flexibility index (Phi) is 6.40. The van der Waals surface area contributed by atoms with Crippen LogP contribution in [-0.4, -0.2) is 22.2 Å². The Balaban J connectivity index is 4.36. The van der Waals surface area contributed by atoms with Crippen LogP contribution in [0.25, 0.3) is 0 Å². The van der Waals surface area contributed by atoms with Gasteiger partial charge in [-0.2, -0.15) is 8.78 Å². The number of alkyl halides is 4. The second-order valence-corrected chi connectivity index (χ2v) is 6.52. The van der Waals surface area contributed by atoms with Crippen LogP contribution in [-0.2, 0) is 9.53 Å². The van der Waals surface area contributed by atoms with Gasteiger partial charge in [0.25, 0.3) is 0 Å². The normalized spacial score (nSPS) is 14.7. The molecule has 0 saturated heterocycles. The Morgan fingerprint density at radius 1 is 1.44 bits per heavy atom. The number of esters is 1. The number of carbonyl (C=O) groups is 1. The smallest absolute Gasteiger partial charge is 0.306 e. The van der Waals surface area contributed by atoms with Gasteiger partial charge in [-0.25, -0.2) is 0 Å². The molecule has 16 heavy (non-hydrogen) atoms. The summed E-state index contributed by atoms with van der Waals surface area (Å²) in [5, 5.41) is 0. The summed E-state index contributed by atoms with van der Waals surface area (Å²) < 4.78 is 30.3. The van der Waals surface area contributed by atoms with Crippen molar-refractivity contribution in [2.75, 3.05) is 6.61 Å². The average Bonchev–Trinajstić information content (AvgIpc) is 1.99. The van der Waals surface area contributed by atoms with E-state index in [0.717, 1.165) is 0 Å². The first-order valence-corrected chi connectivity index (χ1v) is 6.66. The van der Waals surface area contributed by atoms with E-state index >= 15 is 0 Å². The number of hydrogen-bond acceptors (Lipinski definition) is 2. The van der Waals surface area contributed by atoms with Gasteiger partial charge in [0, 0.05) is 11.2 Å². The number of ether oxygens (including phenoxy) is 1. The largest absolute Gasteiger partial charge is 0.466 e. The van der Waals surface area contributed by atoms with Crippen LogP contribution in [0.2, 0.25) is 0 Å². The van der Waals surface area contributed by atoms with Crippen molar-refractivity contribution in [2.45, 2.75) is 43.3 Å². The molecular weight excluding hydrogens is 350 g/mol. The zero-order valence-corrected chi connectivity index (χ0v) is 12.7. The molecule has 0 saturated carbocycles. The third-order valence-corrected chi connectivity index (χ3v) is 4.05. The summed E-state index contributed by atoms with van der Waals surface area (Å²) in [7, 11) is 0. The molecule has 96 valence electrons. The van der Waals surface area contributed by atoms with Gasteiger partial charge < -0.3 is 4.74 Å². The maximum absolute atomic E-state index is 12.8. The number of rotatable bonds is 6. The predicted molar refractivity (Wildman–Crippen MR) is 66.2 cm³/mol. The Labute approximate surface area is 111 Å². The summed E-state index contributed by atoms with van der Waals surface area (Å²) in [5.41, 5.74) is -0.580. The molecule has 2 nitrogen and oxygen atoms in total.